The molecule has 0 aromatic heterocycles. The first-order chi connectivity index (χ1) is 12.1. The molecule has 2 saturated carbocycles. The number of amides is 1. The van der Waals surface area contributed by atoms with Gasteiger partial charge < -0.3 is 10.4 Å². The van der Waals surface area contributed by atoms with Crippen molar-refractivity contribution in [2.75, 3.05) is 6.54 Å². The first kappa shape index (κ1) is 19.2. The van der Waals surface area contributed by atoms with Crippen LogP contribution in [0.25, 0.3) is 0 Å². The third kappa shape index (κ3) is 3.01. The van der Waals surface area contributed by atoms with Gasteiger partial charge in [-0.2, -0.15) is 0 Å². The Morgan fingerprint density at radius 3 is 2.69 bits per heavy atom. The van der Waals surface area contributed by atoms with Gasteiger partial charge in [0.05, 0.1) is 5.41 Å². The molecule has 0 bridgehead atoms. The zero-order valence-corrected chi connectivity index (χ0v) is 16.4. The van der Waals surface area contributed by atoms with Gasteiger partial charge >= 0.3 is 5.97 Å². The average molecular weight is 360 g/mol. The minimum absolute atomic E-state index is 0.0545. The summed E-state index contributed by atoms with van der Waals surface area (Å²) in [6.45, 7) is 10.5. The van der Waals surface area contributed by atoms with Crippen molar-refractivity contribution in [1.82, 2.24) is 5.32 Å². The Kier molecular flexibility index (Phi) is 4.83. The Morgan fingerprint density at radius 2 is 2.04 bits per heavy atom. The Labute approximate surface area is 157 Å². The topological polar surface area (TPSA) is 66.4 Å². The summed E-state index contributed by atoms with van der Waals surface area (Å²) in [6.07, 6.45) is 11.9. The van der Waals surface area contributed by atoms with Crippen LogP contribution in [0.15, 0.2) is 24.3 Å². The summed E-state index contributed by atoms with van der Waals surface area (Å²) in [6, 6.07) is 0. The van der Waals surface area contributed by atoms with E-state index in [4.69, 9.17) is 5.11 Å². The highest BCUT2D eigenvalue weighted by molar-refractivity contribution is 5.86. The number of rotatable bonds is 4. The Hall–Kier alpha value is -1.58. The Bertz CT molecular complexity index is 654. The lowest BCUT2D eigenvalue weighted by atomic mass is 9.46. The normalized spacial score (nSPS) is 42.0. The molecular formula is C22H33NO3. The quantitative estimate of drug-likeness (QED) is 0.735. The summed E-state index contributed by atoms with van der Waals surface area (Å²) in [7, 11) is 0. The third-order valence-corrected chi connectivity index (χ3v) is 7.75. The minimum atomic E-state index is -0.983. The average Bonchev–Trinajstić information content (AvgIpc) is 2.59. The lowest BCUT2D eigenvalue weighted by molar-refractivity contribution is -0.146. The van der Waals surface area contributed by atoms with Crippen LogP contribution >= 0.6 is 0 Å². The molecule has 5 unspecified atom stereocenters. The number of fused-ring (bicyclic) bond motifs is 3. The third-order valence-electron chi connectivity index (χ3n) is 7.75. The Balaban J connectivity index is 1.89. The van der Waals surface area contributed by atoms with Crippen LogP contribution in [-0.4, -0.2) is 23.5 Å². The van der Waals surface area contributed by atoms with Crippen LogP contribution in [-0.2, 0) is 9.59 Å². The summed E-state index contributed by atoms with van der Waals surface area (Å²) in [4.78, 5) is 23.8. The van der Waals surface area contributed by atoms with Gasteiger partial charge in [0.2, 0.25) is 5.91 Å². The molecule has 0 spiro atoms. The van der Waals surface area contributed by atoms with Gasteiger partial charge in [0, 0.05) is 0 Å². The standard InChI is InChI=1S/C22H33NO3/c1-5-20(2)12-9-16-15(13-20)7-8-17-21(16,3)10-6-11-22(17,4)19(26)23-14-18(24)25/h5,9,15,17H,1,6-8,10-14H2,2-4H3,(H,23,26)(H,24,25). The molecular weight excluding hydrogens is 326 g/mol. The second kappa shape index (κ2) is 6.54. The number of hydrogen-bond donors (Lipinski definition) is 2. The number of hydrogen-bond acceptors (Lipinski definition) is 2. The maximum Gasteiger partial charge on any atom is 0.322 e. The fourth-order valence-corrected chi connectivity index (χ4v) is 6.24. The zero-order chi connectivity index (χ0) is 19.2. The van der Waals surface area contributed by atoms with E-state index in [0.29, 0.717) is 5.92 Å². The molecule has 3 aliphatic carbocycles. The Morgan fingerprint density at radius 1 is 1.31 bits per heavy atom. The van der Waals surface area contributed by atoms with E-state index in [-0.39, 0.29) is 29.2 Å². The summed E-state index contributed by atoms with van der Waals surface area (Å²) in [5.74, 6) is -0.185. The predicted octanol–water partition coefficient (Wildman–Crippen LogP) is 4.32. The molecule has 4 heteroatoms. The summed E-state index contributed by atoms with van der Waals surface area (Å²) in [5, 5.41) is 11.6. The number of nitrogens with one attached hydrogen (secondary N) is 1. The van der Waals surface area contributed by atoms with Crippen LogP contribution in [0.5, 0.6) is 0 Å². The molecule has 0 aromatic rings. The second-order valence-electron chi connectivity index (χ2n) is 9.52. The van der Waals surface area contributed by atoms with Gasteiger partial charge in [0.1, 0.15) is 6.54 Å². The fraction of sp³-hybridized carbons (Fsp3) is 0.727. The van der Waals surface area contributed by atoms with E-state index in [2.05, 4.69) is 44.8 Å². The van der Waals surface area contributed by atoms with Crippen LogP contribution in [0.2, 0.25) is 0 Å². The van der Waals surface area contributed by atoms with Crippen molar-refractivity contribution in [3.8, 4) is 0 Å². The molecule has 0 radical (unpaired) electrons. The second-order valence-corrected chi connectivity index (χ2v) is 9.52. The monoisotopic (exact) mass is 359 g/mol. The molecule has 5 atom stereocenters. The van der Waals surface area contributed by atoms with E-state index < -0.39 is 11.4 Å². The molecule has 1 amide bonds. The first-order valence-electron chi connectivity index (χ1n) is 9.99. The molecule has 2 N–H and O–H groups in total. The highest BCUT2D eigenvalue weighted by atomic mass is 16.4. The highest BCUT2D eigenvalue weighted by Gasteiger charge is 2.57. The summed E-state index contributed by atoms with van der Waals surface area (Å²) < 4.78 is 0. The molecule has 3 rings (SSSR count). The van der Waals surface area contributed by atoms with Crippen LogP contribution in [0.3, 0.4) is 0 Å². The molecule has 2 fully saturated rings. The number of aliphatic carboxylic acids is 1. The van der Waals surface area contributed by atoms with E-state index in [0.717, 1.165) is 44.9 Å². The van der Waals surface area contributed by atoms with Gasteiger partial charge in [-0.1, -0.05) is 44.9 Å². The molecule has 4 nitrogen and oxygen atoms in total. The van der Waals surface area contributed by atoms with Gasteiger partial charge in [-0.3, -0.25) is 9.59 Å². The van der Waals surface area contributed by atoms with Crippen LogP contribution in [0.4, 0.5) is 0 Å². The molecule has 0 aromatic carbocycles. The van der Waals surface area contributed by atoms with Gasteiger partial charge in [-0.05, 0) is 61.2 Å². The van der Waals surface area contributed by atoms with Crippen molar-refractivity contribution in [2.45, 2.75) is 65.7 Å². The van der Waals surface area contributed by atoms with Crippen LogP contribution < -0.4 is 5.32 Å². The predicted molar refractivity (Wildman–Crippen MR) is 103 cm³/mol. The summed E-state index contributed by atoms with van der Waals surface area (Å²) in [5.41, 5.74) is 1.32. The fourth-order valence-electron chi connectivity index (χ4n) is 6.24. The van der Waals surface area contributed by atoms with Gasteiger partial charge in [-0.25, -0.2) is 0 Å². The lowest BCUT2D eigenvalue weighted by Gasteiger charge is -2.58. The van der Waals surface area contributed by atoms with Crippen molar-refractivity contribution in [1.29, 1.82) is 0 Å². The van der Waals surface area contributed by atoms with Crippen LogP contribution in [0.1, 0.15) is 65.7 Å². The highest BCUT2D eigenvalue weighted by Crippen LogP contribution is 2.63. The number of allylic oxidation sites excluding steroid dienone is 3. The van der Waals surface area contributed by atoms with Crippen molar-refractivity contribution < 1.29 is 14.7 Å². The van der Waals surface area contributed by atoms with E-state index in [1.807, 2.05) is 0 Å². The van der Waals surface area contributed by atoms with Crippen LogP contribution in [0, 0.1) is 28.1 Å². The maximum absolute atomic E-state index is 12.9. The molecule has 26 heavy (non-hydrogen) atoms. The molecule has 144 valence electrons. The van der Waals surface area contributed by atoms with Gasteiger partial charge in [0.15, 0.2) is 0 Å². The zero-order valence-electron chi connectivity index (χ0n) is 16.4. The van der Waals surface area contributed by atoms with E-state index in [9.17, 15) is 9.59 Å². The van der Waals surface area contributed by atoms with Gasteiger partial charge in [-0.15, -0.1) is 6.58 Å². The first-order valence-corrected chi connectivity index (χ1v) is 9.99. The SMILES string of the molecule is C=CC1(C)CC=C2C(CCC3C(C)(C(=O)NCC(=O)O)CCCC23C)C1. The number of carbonyl (C=O) groups is 2. The van der Waals surface area contributed by atoms with Gasteiger partial charge in [0.25, 0.3) is 0 Å². The van der Waals surface area contributed by atoms with E-state index in [1.165, 1.54) is 0 Å². The van der Waals surface area contributed by atoms with Crippen molar-refractivity contribution >= 4 is 11.9 Å². The molecule has 0 heterocycles. The van der Waals surface area contributed by atoms with Crippen molar-refractivity contribution in [2.24, 2.45) is 28.1 Å². The van der Waals surface area contributed by atoms with E-state index in [1.54, 1.807) is 5.57 Å². The molecule has 3 aliphatic rings. The number of carbonyl (C=O) groups excluding carboxylic acids is 1. The minimum Gasteiger partial charge on any atom is -0.480 e. The number of carboxylic acid groups (broad SMARTS) is 1. The van der Waals surface area contributed by atoms with Crippen molar-refractivity contribution in [3.05, 3.63) is 24.3 Å². The maximum atomic E-state index is 12.9. The molecule has 0 saturated heterocycles. The lowest BCUT2D eigenvalue weighted by Crippen LogP contribution is -2.55. The van der Waals surface area contributed by atoms with E-state index >= 15 is 0 Å². The smallest absolute Gasteiger partial charge is 0.322 e. The largest absolute Gasteiger partial charge is 0.480 e. The summed E-state index contributed by atoms with van der Waals surface area (Å²) >= 11 is 0. The van der Waals surface area contributed by atoms with Crippen molar-refractivity contribution in [3.63, 3.8) is 0 Å². The number of carboxylic acids is 1. The molecule has 0 aliphatic heterocycles.